The Balaban J connectivity index is 1.90. The van der Waals surface area contributed by atoms with Gasteiger partial charge >= 0.3 is 0 Å². The number of hydrogen-bond donors (Lipinski definition) is 2. The number of fused-ring (bicyclic) bond motifs is 1. The molecule has 4 nitrogen and oxygen atoms in total. The molecule has 1 heterocycles. The third-order valence-electron chi connectivity index (χ3n) is 3.83. The number of aryl methyl sites for hydroxylation is 3. The van der Waals surface area contributed by atoms with Gasteiger partial charge in [0.25, 0.3) is 0 Å². The Labute approximate surface area is 149 Å². The number of nitrogens with one attached hydrogen (secondary N) is 1. The highest BCUT2D eigenvalue weighted by Gasteiger charge is 2.06. The minimum atomic E-state index is 0.178. The van der Waals surface area contributed by atoms with Gasteiger partial charge in [0, 0.05) is 15.4 Å². The average molecular weight is 384 g/mol. The summed E-state index contributed by atoms with van der Waals surface area (Å²) < 4.78 is 0.882. The fourth-order valence-electron chi connectivity index (χ4n) is 2.70. The predicted octanol–water partition coefficient (Wildman–Crippen LogP) is 5.07. The third-order valence-corrected chi connectivity index (χ3v) is 4.32. The van der Waals surface area contributed by atoms with Gasteiger partial charge in [-0.1, -0.05) is 27.6 Å². The number of hydrogen-bond acceptors (Lipinski definition) is 4. The molecule has 0 atom stereocenters. The zero-order valence-electron chi connectivity index (χ0n) is 13.8. The van der Waals surface area contributed by atoms with Gasteiger partial charge in [-0.05, 0) is 62.2 Å². The smallest absolute Gasteiger partial charge is 0.147 e. The van der Waals surface area contributed by atoms with E-state index in [2.05, 4.69) is 64.3 Å². The molecule has 0 aliphatic heterocycles. The lowest BCUT2D eigenvalue weighted by molar-refractivity contribution is 0.474. The van der Waals surface area contributed by atoms with Gasteiger partial charge < -0.3 is 5.11 Å². The molecule has 0 fully saturated rings. The van der Waals surface area contributed by atoms with Crippen molar-refractivity contribution in [1.29, 1.82) is 0 Å². The van der Waals surface area contributed by atoms with E-state index in [1.807, 2.05) is 6.07 Å². The van der Waals surface area contributed by atoms with Crippen molar-refractivity contribution < 1.29 is 5.11 Å². The highest BCUT2D eigenvalue weighted by atomic mass is 79.9. The molecule has 0 aliphatic carbocycles. The number of aromatic nitrogens is 1. The van der Waals surface area contributed by atoms with Crippen LogP contribution in [-0.4, -0.2) is 16.3 Å². The normalized spacial score (nSPS) is 11.3. The first-order valence-corrected chi connectivity index (χ1v) is 8.39. The van der Waals surface area contributed by atoms with Crippen molar-refractivity contribution in [1.82, 2.24) is 4.98 Å². The average Bonchev–Trinajstić information content (AvgIpc) is 2.52. The Hall–Kier alpha value is -2.40. The number of anilines is 1. The number of hydrazone groups is 1. The number of pyridine rings is 1. The van der Waals surface area contributed by atoms with Gasteiger partial charge in [-0.15, -0.1) is 0 Å². The number of nitrogens with zero attached hydrogens (tertiary/aromatic N) is 2. The maximum Gasteiger partial charge on any atom is 0.147 e. The standard InChI is InChI=1S/C19H18BrN3O/c1-11-6-13(3)19-16(7-11)12(2)8-18(22-19)23-21-10-14-9-15(20)4-5-17(14)24/h4-10,24H,1-3H3,(H,22,23)/b21-10+. The molecule has 5 heteroatoms. The van der Waals surface area contributed by atoms with Crippen molar-refractivity contribution in [2.75, 3.05) is 5.43 Å². The van der Waals surface area contributed by atoms with Crippen molar-refractivity contribution in [2.24, 2.45) is 5.10 Å². The second-order valence-electron chi connectivity index (χ2n) is 5.88. The van der Waals surface area contributed by atoms with Gasteiger partial charge in [-0.25, -0.2) is 4.98 Å². The molecule has 122 valence electrons. The van der Waals surface area contributed by atoms with Crippen LogP contribution >= 0.6 is 15.9 Å². The molecule has 0 unspecified atom stereocenters. The highest BCUT2D eigenvalue weighted by Crippen LogP contribution is 2.25. The van der Waals surface area contributed by atoms with E-state index in [1.165, 1.54) is 5.56 Å². The van der Waals surface area contributed by atoms with E-state index >= 15 is 0 Å². The number of halogens is 1. The first kappa shape index (κ1) is 16.5. The molecule has 0 amide bonds. The number of phenols is 1. The summed E-state index contributed by atoms with van der Waals surface area (Å²) in [5.74, 6) is 0.857. The van der Waals surface area contributed by atoms with E-state index in [0.717, 1.165) is 26.5 Å². The van der Waals surface area contributed by atoms with E-state index in [4.69, 9.17) is 0 Å². The van der Waals surface area contributed by atoms with Crippen LogP contribution < -0.4 is 5.43 Å². The van der Waals surface area contributed by atoms with Crippen LogP contribution in [0.25, 0.3) is 10.9 Å². The van der Waals surface area contributed by atoms with Gasteiger partial charge in [0.2, 0.25) is 0 Å². The maximum absolute atomic E-state index is 9.82. The van der Waals surface area contributed by atoms with Crippen LogP contribution in [-0.2, 0) is 0 Å². The lowest BCUT2D eigenvalue weighted by atomic mass is 10.0. The third kappa shape index (κ3) is 3.41. The van der Waals surface area contributed by atoms with Crippen LogP contribution in [0.1, 0.15) is 22.3 Å². The SMILES string of the molecule is Cc1cc(C)c2nc(N/N=C/c3cc(Br)ccc3O)cc(C)c2c1. The summed E-state index contributed by atoms with van der Waals surface area (Å²) in [7, 11) is 0. The molecule has 0 spiro atoms. The second kappa shape index (κ2) is 6.61. The number of phenolic OH excluding ortho intramolecular Hbond substituents is 1. The van der Waals surface area contributed by atoms with Gasteiger partial charge in [0.1, 0.15) is 11.6 Å². The highest BCUT2D eigenvalue weighted by molar-refractivity contribution is 9.10. The second-order valence-corrected chi connectivity index (χ2v) is 6.79. The topological polar surface area (TPSA) is 57.5 Å². The van der Waals surface area contributed by atoms with E-state index in [9.17, 15) is 5.11 Å². The number of aromatic hydroxyl groups is 1. The van der Waals surface area contributed by atoms with Crippen LogP contribution in [0.3, 0.4) is 0 Å². The molecule has 24 heavy (non-hydrogen) atoms. The predicted molar refractivity (Wildman–Crippen MR) is 103 cm³/mol. The monoisotopic (exact) mass is 383 g/mol. The molecule has 1 aromatic heterocycles. The lowest BCUT2D eigenvalue weighted by Crippen LogP contribution is -1.97. The molecule has 2 N–H and O–H groups in total. The molecule has 0 aliphatic rings. The summed E-state index contributed by atoms with van der Waals surface area (Å²) in [5.41, 5.74) is 8.07. The minimum Gasteiger partial charge on any atom is -0.507 e. The van der Waals surface area contributed by atoms with Crippen molar-refractivity contribution in [3.63, 3.8) is 0 Å². The Bertz CT molecular complexity index is 951. The van der Waals surface area contributed by atoms with E-state index in [1.54, 1.807) is 24.4 Å². The maximum atomic E-state index is 9.82. The van der Waals surface area contributed by atoms with Crippen molar-refractivity contribution in [3.8, 4) is 5.75 Å². The summed E-state index contributed by atoms with van der Waals surface area (Å²) in [6.45, 7) is 6.22. The molecule has 0 radical (unpaired) electrons. The van der Waals surface area contributed by atoms with Gasteiger partial charge in [-0.2, -0.15) is 5.10 Å². The molecular formula is C19H18BrN3O. The molecule has 3 aromatic rings. The molecule has 3 rings (SSSR count). The Kier molecular flexibility index (Phi) is 4.53. The molecule has 0 bridgehead atoms. The number of rotatable bonds is 3. The summed E-state index contributed by atoms with van der Waals surface area (Å²) >= 11 is 3.38. The Morgan fingerprint density at radius 3 is 2.67 bits per heavy atom. The summed E-state index contributed by atoms with van der Waals surface area (Å²) in [6.07, 6.45) is 1.57. The fraction of sp³-hybridized carbons (Fsp3) is 0.158. The van der Waals surface area contributed by atoms with Crippen LogP contribution in [0, 0.1) is 20.8 Å². The number of benzene rings is 2. The van der Waals surface area contributed by atoms with Crippen molar-refractivity contribution >= 4 is 38.9 Å². The van der Waals surface area contributed by atoms with Crippen LogP contribution in [0.15, 0.2) is 46.0 Å². The Morgan fingerprint density at radius 2 is 1.88 bits per heavy atom. The van der Waals surface area contributed by atoms with E-state index in [0.29, 0.717) is 11.4 Å². The minimum absolute atomic E-state index is 0.178. The first-order chi connectivity index (χ1) is 11.4. The van der Waals surface area contributed by atoms with Crippen molar-refractivity contribution in [2.45, 2.75) is 20.8 Å². The largest absolute Gasteiger partial charge is 0.507 e. The molecule has 2 aromatic carbocycles. The van der Waals surface area contributed by atoms with Crippen LogP contribution in [0.5, 0.6) is 5.75 Å². The summed E-state index contributed by atoms with van der Waals surface area (Å²) in [4.78, 5) is 4.65. The van der Waals surface area contributed by atoms with Gasteiger partial charge in [0.15, 0.2) is 0 Å². The summed E-state index contributed by atoms with van der Waals surface area (Å²) in [6, 6.07) is 11.4. The zero-order valence-corrected chi connectivity index (χ0v) is 15.3. The van der Waals surface area contributed by atoms with E-state index < -0.39 is 0 Å². The van der Waals surface area contributed by atoms with Gasteiger partial charge in [-0.3, -0.25) is 5.43 Å². The molecule has 0 saturated heterocycles. The zero-order chi connectivity index (χ0) is 17.3. The lowest BCUT2D eigenvalue weighted by Gasteiger charge is -2.09. The van der Waals surface area contributed by atoms with Crippen molar-refractivity contribution in [3.05, 3.63) is 63.1 Å². The van der Waals surface area contributed by atoms with E-state index in [-0.39, 0.29) is 5.75 Å². The summed E-state index contributed by atoms with van der Waals surface area (Å²) in [5, 5.41) is 15.2. The molecular weight excluding hydrogens is 366 g/mol. The van der Waals surface area contributed by atoms with Gasteiger partial charge in [0.05, 0.1) is 11.7 Å². The quantitative estimate of drug-likeness (QED) is 0.489. The van der Waals surface area contributed by atoms with Crippen LogP contribution in [0.4, 0.5) is 5.82 Å². The first-order valence-electron chi connectivity index (χ1n) is 7.60. The fourth-order valence-corrected chi connectivity index (χ4v) is 3.08. The molecule has 0 saturated carbocycles. The van der Waals surface area contributed by atoms with Crippen LogP contribution in [0.2, 0.25) is 0 Å². The Morgan fingerprint density at radius 1 is 1.08 bits per heavy atom.